The molecular weight excluding hydrogens is 358 g/mol. The van der Waals surface area contributed by atoms with Crippen LogP contribution in [0.15, 0.2) is 58.2 Å². The Morgan fingerprint density at radius 1 is 1.20 bits per heavy atom. The molecule has 0 spiro atoms. The van der Waals surface area contributed by atoms with E-state index in [4.69, 9.17) is 16.0 Å². The molecule has 1 amide bonds. The van der Waals surface area contributed by atoms with E-state index >= 15 is 0 Å². The van der Waals surface area contributed by atoms with Gasteiger partial charge < -0.3 is 9.73 Å². The van der Waals surface area contributed by atoms with Crippen LogP contribution in [0.1, 0.15) is 12.0 Å². The third-order valence-electron chi connectivity index (χ3n) is 3.37. The van der Waals surface area contributed by atoms with Gasteiger partial charge in [0.1, 0.15) is 0 Å². The van der Waals surface area contributed by atoms with Crippen molar-refractivity contribution in [2.24, 2.45) is 0 Å². The smallest absolute Gasteiger partial charge is 0.276 e. The lowest BCUT2D eigenvalue weighted by molar-refractivity contribution is -0.115. The summed E-state index contributed by atoms with van der Waals surface area (Å²) in [6.45, 7) is 2.02. The Morgan fingerprint density at radius 3 is 2.76 bits per heavy atom. The van der Waals surface area contributed by atoms with E-state index in [1.807, 2.05) is 31.2 Å². The van der Waals surface area contributed by atoms with Crippen molar-refractivity contribution in [1.29, 1.82) is 0 Å². The van der Waals surface area contributed by atoms with Crippen LogP contribution in [0, 0.1) is 6.92 Å². The number of hydrogen-bond donors (Lipinski definition) is 1. The summed E-state index contributed by atoms with van der Waals surface area (Å²) in [5, 5.41) is 11.9. The normalized spacial score (nSPS) is 10.6. The van der Waals surface area contributed by atoms with Gasteiger partial charge in [0.2, 0.25) is 11.8 Å². The first-order valence-corrected chi connectivity index (χ1v) is 9.05. The maximum Gasteiger partial charge on any atom is 0.276 e. The second kappa shape index (κ2) is 8.18. The number of nitrogens with one attached hydrogen (secondary N) is 1. The van der Waals surface area contributed by atoms with Crippen molar-refractivity contribution in [3.8, 4) is 11.5 Å². The SMILES string of the molecule is Cc1ccc(-c2nnc(SCCC(=O)Nc3cccc(Cl)c3)o2)cc1. The standard InChI is InChI=1S/C18H16ClN3O2S/c1-12-5-7-13(8-6-12)17-21-22-18(24-17)25-10-9-16(23)20-15-4-2-3-14(19)11-15/h2-8,11H,9-10H2,1H3,(H,20,23). The maximum absolute atomic E-state index is 11.9. The third kappa shape index (κ3) is 5.08. The fourth-order valence-electron chi connectivity index (χ4n) is 2.10. The van der Waals surface area contributed by atoms with Gasteiger partial charge in [-0.05, 0) is 37.3 Å². The molecule has 7 heteroatoms. The molecule has 0 unspecified atom stereocenters. The molecule has 1 aromatic heterocycles. The molecule has 0 aliphatic rings. The predicted octanol–water partition coefficient (Wildman–Crippen LogP) is 4.82. The molecule has 0 atom stereocenters. The first-order chi connectivity index (χ1) is 12.1. The van der Waals surface area contributed by atoms with Gasteiger partial charge in [0, 0.05) is 28.4 Å². The Kier molecular flexibility index (Phi) is 5.73. The minimum Gasteiger partial charge on any atom is -0.411 e. The summed E-state index contributed by atoms with van der Waals surface area (Å²) in [7, 11) is 0. The van der Waals surface area contributed by atoms with E-state index in [0.717, 1.165) is 5.56 Å². The maximum atomic E-state index is 11.9. The summed E-state index contributed by atoms with van der Waals surface area (Å²) >= 11 is 7.25. The number of anilines is 1. The minimum absolute atomic E-state index is 0.0898. The number of nitrogens with zero attached hydrogens (tertiary/aromatic N) is 2. The quantitative estimate of drug-likeness (QED) is 0.627. The predicted molar refractivity (Wildman–Crippen MR) is 99.9 cm³/mol. The van der Waals surface area contributed by atoms with Crippen LogP contribution in [0.4, 0.5) is 5.69 Å². The molecule has 0 aliphatic heterocycles. The molecule has 0 aliphatic carbocycles. The minimum atomic E-state index is -0.0898. The molecule has 0 radical (unpaired) electrons. The molecular formula is C18H16ClN3O2S. The van der Waals surface area contributed by atoms with Gasteiger partial charge in [0.05, 0.1) is 0 Å². The number of aryl methyl sites for hydroxylation is 1. The monoisotopic (exact) mass is 373 g/mol. The summed E-state index contributed by atoms with van der Waals surface area (Å²) in [5.41, 5.74) is 2.73. The number of halogens is 1. The molecule has 1 N–H and O–H groups in total. The summed E-state index contributed by atoms with van der Waals surface area (Å²) in [4.78, 5) is 11.9. The van der Waals surface area contributed by atoms with Gasteiger partial charge in [-0.15, -0.1) is 10.2 Å². The highest BCUT2D eigenvalue weighted by Gasteiger charge is 2.10. The van der Waals surface area contributed by atoms with Gasteiger partial charge in [-0.2, -0.15) is 0 Å². The molecule has 0 bridgehead atoms. The fraction of sp³-hybridized carbons (Fsp3) is 0.167. The number of hydrogen-bond acceptors (Lipinski definition) is 5. The van der Waals surface area contributed by atoms with Crippen LogP contribution in [-0.4, -0.2) is 21.9 Å². The number of benzene rings is 2. The van der Waals surface area contributed by atoms with E-state index in [9.17, 15) is 4.79 Å². The van der Waals surface area contributed by atoms with E-state index in [0.29, 0.717) is 34.0 Å². The molecule has 3 rings (SSSR count). The Balaban J connectivity index is 1.49. The van der Waals surface area contributed by atoms with Gasteiger partial charge in [-0.25, -0.2) is 0 Å². The summed E-state index contributed by atoms with van der Waals surface area (Å²) in [6, 6.07) is 14.9. The lowest BCUT2D eigenvalue weighted by Crippen LogP contribution is -2.12. The Labute approximate surface area is 154 Å². The first-order valence-electron chi connectivity index (χ1n) is 7.69. The largest absolute Gasteiger partial charge is 0.411 e. The number of carbonyl (C=O) groups is 1. The second-order valence-corrected chi connectivity index (χ2v) is 6.88. The van der Waals surface area contributed by atoms with Gasteiger partial charge in [-0.3, -0.25) is 4.79 Å². The van der Waals surface area contributed by atoms with Crippen molar-refractivity contribution in [1.82, 2.24) is 10.2 Å². The molecule has 0 saturated heterocycles. The molecule has 128 valence electrons. The van der Waals surface area contributed by atoms with Gasteiger partial charge >= 0.3 is 0 Å². The van der Waals surface area contributed by atoms with E-state index in [1.54, 1.807) is 24.3 Å². The van der Waals surface area contributed by atoms with E-state index in [1.165, 1.54) is 17.3 Å². The van der Waals surface area contributed by atoms with Crippen LogP contribution in [-0.2, 0) is 4.79 Å². The highest BCUT2D eigenvalue weighted by molar-refractivity contribution is 7.99. The Bertz CT molecular complexity index is 865. The molecule has 1 heterocycles. The van der Waals surface area contributed by atoms with Crippen LogP contribution in [0.3, 0.4) is 0 Å². The average Bonchev–Trinajstić information content (AvgIpc) is 3.04. The number of aromatic nitrogens is 2. The van der Waals surface area contributed by atoms with Crippen LogP contribution in [0.5, 0.6) is 0 Å². The van der Waals surface area contributed by atoms with E-state index in [-0.39, 0.29) is 5.91 Å². The van der Waals surface area contributed by atoms with Crippen molar-refractivity contribution < 1.29 is 9.21 Å². The second-order valence-electron chi connectivity index (χ2n) is 5.40. The highest BCUT2D eigenvalue weighted by atomic mass is 35.5. The summed E-state index contributed by atoms with van der Waals surface area (Å²) in [6.07, 6.45) is 0.333. The van der Waals surface area contributed by atoms with Crippen molar-refractivity contribution in [2.75, 3.05) is 11.1 Å². The Hall–Kier alpha value is -2.31. The van der Waals surface area contributed by atoms with Gasteiger partial charge in [0.15, 0.2) is 0 Å². The topological polar surface area (TPSA) is 68.0 Å². The number of thioether (sulfide) groups is 1. The zero-order valence-electron chi connectivity index (χ0n) is 13.5. The highest BCUT2D eigenvalue weighted by Crippen LogP contribution is 2.24. The fourth-order valence-corrected chi connectivity index (χ4v) is 2.99. The zero-order chi connectivity index (χ0) is 17.6. The molecule has 2 aromatic carbocycles. The van der Waals surface area contributed by atoms with Gasteiger partial charge in [0.25, 0.3) is 5.22 Å². The average molecular weight is 374 g/mol. The van der Waals surface area contributed by atoms with Gasteiger partial charge in [-0.1, -0.05) is 47.1 Å². The molecule has 25 heavy (non-hydrogen) atoms. The first kappa shape index (κ1) is 17.5. The van der Waals surface area contributed by atoms with Crippen LogP contribution >= 0.6 is 23.4 Å². The van der Waals surface area contributed by atoms with Crippen molar-refractivity contribution in [3.05, 3.63) is 59.1 Å². The van der Waals surface area contributed by atoms with E-state index in [2.05, 4.69) is 15.5 Å². The number of carbonyl (C=O) groups excluding carboxylic acids is 1. The Morgan fingerprint density at radius 2 is 2.00 bits per heavy atom. The molecule has 3 aromatic rings. The lowest BCUT2D eigenvalue weighted by Gasteiger charge is -2.04. The number of amides is 1. The van der Waals surface area contributed by atoms with Crippen molar-refractivity contribution in [2.45, 2.75) is 18.6 Å². The summed E-state index contributed by atoms with van der Waals surface area (Å²) < 4.78 is 5.62. The summed E-state index contributed by atoms with van der Waals surface area (Å²) in [5.74, 6) is 0.931. The van der Waals surface area contributed by atoms with Crippen LogP contribution in [0.2, 0.25) is 5.02 Å². The molecule has 0 fully saturated rings. The van der Waals surface area contributed by atoms with E-state index < -0.39 is 0 Å². The van der Waals surface area contributed by atoms with Crippen molar-refractivity contribution >= 4 is 35.0 Å². The number of rotatable bonds is 6. The van der Waals surface area contributed by atoms with Crippen molar-refractivity contribution in [3.63, 3.8) is 0 Å². The third-order valence-corrected chi connectivity index (χ3v) is 4.42. The lowest BCUT2D eigenvalue weighted by atomic mass is 10.1. The molecule has 0 saturated carbocycles. The van der Waals surface area contributed by atoms with Crippen LogP contribution in [0.25, 0.3) is 11.5 Å². The zero-order valence-corrected chi connectivity index (χ0v) is 15.1. The van der Waals surface area contributed by atoms with Crippen LogP contribution < -0.4 is 5.32 Å². The molecule has 5 nitrogen and oxygen atoms in total.